The summed E-state index contributed by atoms with van der Waals surface area (Å²) < 4.78 is 0. The van der Waals surface area contributed by atoms with E-state index in [1.54, 1.807) is 0 Å². The summed E-state index contributed by atoms with van der Waals surface area (Å²) in [6, 6.07) is 0. The Hall–Kier alpha value is -1.50. The van der Waals surface area contributed by atoms with Crippen molar-refractivity contribution < 1.29 is 14.7 Å². The Labute approximate surface area is 115 Å². The Balaban J connectivity index is 2.27. The van der Waals surface area contributed by atoms with Gasteiger partial charge in [-0.25, -0.2) is 0 Å². The fraction of sp³-hybridized carbons (Fsp3) is 0.733. The van der Waals surface area contributed by atoms with Crippen LogP contribution in [0.2, 0.25) is 0 Å². The van der Waals surface area contributed by atoms with Crippen LogP contribution in [-0.4, -0.2) is 35.0 Å². The second kappa shape index (κ2) is 8.58. The van der Waals surface area contributed by atoms with E-state index in [4.69, 9.17) is 11.5 Å². The highest BCUT2D eigenvalue weighted by Gasteiger charge is 2.17. The van der Waals surface area contributed by atoms with Crippen LogP contribution in [0.4, 0.5) is 0 Å². The van der Waals surface area contributed by atoms with Gasteiger partial charge in [0, 0.05) is 6.42 Å². The van der Waals surface area contributed by atoms with Crippen molar-refractivity contribution in [3.8, 4) is 12.3 Å². The van der Waals surface area contributed by atoms with Crippen molar-refractivity contribution in [2.75, 3.05) is 13.1 Å². The third-order valence-electron chi connectivity index (χ3n) is 3.69. The fourth-order valence-electron chi connectivity index (χ4n) is 2.68. The van der Waals surface area contributed by atoms with Crippen LogP contribution in [0.3, 0.4) is 0 Å². The van der Waals surface area contributed by atoms with Crippen LogP contribution in [0.1, 0.15) is 51.4 Å². The minimum Gasteiger partial charge on any atom is -0.480 e. The SMILES string of the molecule is C#CCN(CC(=O)O)C(=O)CCCC1CCCCC1. The number of terminal acetylenes is 1. The average molecular weight is 265 g/mol. The highest BCUT2D eigenvalue weighted by Crippen LogP contribution is 2.27. The molecule has 0 aromatic heterocycles. The van der Waals surface area contributed by atoms with Crippen LogP contribution in [-0.2, 0) is 9.59 Å². The molecule has 0 spiro atoms. The molecule has 1 aliphatic carbocycles. The normalized spacial score (nSPS) is 15.7. The van der Waals surface area contributed by atoms with Gasteiger partial charge in [0.2, 0.25) is 5.91 Å². The van der Waals surface area contributed by atoms with Gasteiger partial charge in [-0.3, -0.25) is 9.59 Å². The predicted octanol–water partition coefficient (Wildman–Crippen LogP) is 2.28. The maximum Gasteiger partial charge on any atom is 0.323 e. The molecule has 0 bridgehead atoms. The third kappa shape index (κ3) is 6.28. The lowest BCUT2D eigenvalue weighted by atomic mass is 9.86. The summed E-state index contributed by atoms with van der Waals surface area (Å²) in [4.78, 5) is 23.8. The number of aliphatic carboxylic acids is 1. The molecule has 0 aromatic rings. The summed E-state index contributed by atoms with van der Waals surface area (Å²) in [7, 11) is 0. The van der Waals surface area contributed by atoms with Crippen LogP contribution in [0.15, 0.2) is 0 Å². The molecule has 1 fully saturated rings. The van der Waals surface area contributed by atoms with Gasteiger partial charge < -0.3 is 10.0 Å². The van der Waals surface area contributed by atoms with E-state index in [0.29, 0.717) is 6.42 Å². The van der Waals surface area contributed by atoms with Crippen molar-refractivity contribution in [3.05, 3.63) is 0 Å². The molecule has 0 aromatic carbocycles. The molecule has 0 heterocycles. The van der Waals surface area contributed by atoms with E-state index in [-0.39, 0.29) is 19.0 Å². The number of rotatable bonds is 7. The first-order valence-corrected chi connectivity index (χ1v) is 7.06. The van der Waals surface area contributed by atoms with Crippen molar-refractivity contribution >= 4 is 11.9 Å². The lowest BCUT2D eigenvalue weighted by Crippen LogP contribution is -2.35. The van der Waals surface area contributed by atoms with Gasteiger partial charge in [-0.15, -0.1) is 6.42 Å². The molecular weight excluding hydrogens is 242 g/mol. The summed E-state index contributed by atoms with van der Waals surface area (Å²) in [5.41, 5.74) is 0. The van der Waals surface area contributed by atoms with Gasteiger partial charge in [-0.2, -0.15) is 0 Å². The van der Waals surface area contributed by atoms with Gasteiger partial charge in [0.05, 0.1) is 6.54 Å². The minimum absolute atomic E-state index is 0.0779. The second-order valence-corrected chi connectivity index (χ2v) is 5.24. The van der Waals surface area contributed by atoms with Crippen LogP contribution >= 0.6 is 0 Å². The second-order valence-electron chi connectivity index (χ2n) is 5.24. The standard InChI is InChI=1S/C15H23NO3/c1-2-11-16(12-15(18)19)14(17)10-6-9-13-7-4-3-5-8-13/h1,13H,3-12H2,(H,18,19). The van der Waals surface area contributed by atoms with Crippen molar-refractivity contribution in [2.24, 2.45) is 5.92 Å². The first kappa shape index (κ1) is 15.6. The van der Waals surface area contributed by atoms with Crippen molar-refractivity contribution in [1.82, 2.24) is 4.90 Å². The molecule has 0 atom stereocenters. The molecule has 1 amide bonds. The lowest BCUT2D eigenvalue weighted by molar-refractivity contribution is -0.144. The zero-order valence-electron chi connectivity index (χ0n) is 11.4. The zero-order valence-corrected chi connectivity index (χ0v) is 11.4. The smallest absolute Gasteiger partial charge is 0.323 e. The molecule has 0 unspecified atom stereocenters. The van der Waals surface area contributed by atoms with Gasteiger partial charge in [0.1, 0.15) is 6.54 Å². The van der Waals surface area contributed by atoms with Crippen molar-refractivity contribution in [1.29, 1.82) is 0 Å². The van der Waals surface area contributed by atoms with Crippen LogP contribution in [0.5, 0.6) is 0 Å². The number of hydrogen-bond donors (Lipinski definition) is 1. The number of carbonyl (C=O) groups excluding carboxylic acids is 1. The molecule has 0 radical (unpaired) electrons. The largest absolute Gasteiger partial charge is 0.480 e. The number of amides is 1. The Bertz CT molecular complexity index is 340. The Kier molecular flexibility index (Phi) is 7.02. The topological polar surface area (TPSA) is 57.6 Å². The highest BCUT2D eigenvalue weighted by atomic mass is 16.4. The van der Waals surface area contributed by atoms with E-state index in [1.807, 2.05) is 0 Å². The maximum atomic E-state index is 11.9. The van der Waals surface area contributed by atoms with Gasteiger partial charge in [0.25, 0.3) is 0 Å². The van der Waals surface area contributed by atoms with E-state index in [0.717, 1.165) is 18.8 Å². The Morgan fingerprint density at radius 1 is 1.26 bits per heavy atom. The maximum absolute atomic E-state index is 11.9. The lowest BCUT2D eigenvalue weighted by Gasteiger charge is -2.22. The first-order chi connectivity index (χ1) is 9.13. The van der Waals surface area contributed by atoms with E-state index < -0.39 is 5.97 Å². The zero-order chi connectivity index (χ0) is 14.1. The number of carboxylic acids is 1. The highest BCUT2D eigenvalue weighted by molar-refractivity contribution is 5.81. The van der Waals surface area contributed by atoms with Crippen molar-refractivity contribution in [2.45, 2.75) is 51.4 Å². The fourth-order valence-corrected chi connectivity index (χ4v) is 2.68. The summed E-state index contributed by atoms with van der Waals surface area (Å²) in [6.45, 7) is -0.221. The summed E-state index contributed by atoms with van der Waals surface area (Å²) in [5.74, 6) is 1.93. The quantitative estimate of drug-likeness (QED) is 0.718. The van der Waals surface area contributed by atoms with Crippen LogP contribution < -0.4 is 0 Å². The van der Waals surface area contributed by atoms with E-state index >= 15 is 0 Å². The molecule has 0 saturated heterocycles. The third-order valence-corrected chi connectivity index (χ3v) is 3.69. The molecule has 106 valence electrons. The molecular formula is C15H23NO3. The molecule has 1 rings (SSSR count). The predicted molar refractivity (Wildman–Crippen MR) is 73.5 cm³/mol. The number of carboxylic acid groups (broad SMARTS) is 1. The van der Waals surface area contributed by atoms with Gasteiger partial charge in [-0.05, 0) is 18.8 Å². The van der Waals surface area contributed by atoms with Crippen LogP contribution in [0, 0.1) is 18.3 Å². The van der Waals surface area contributed by atoms with Gasteiger partial charge in [-0.1, -0.05) is 38.0 Å². The molecule has 1 N–H and O–H groups in total. The Morgan fingerprint density at radius 3 is 2.53 bits per heavy atom. The summed E-state index contributed by atoms with van der Waals surface area (Å²) >= 11 is 0. The first-order valence-electron chi connectivity index (χ1n) is 7.06. The molecule has 1 aliphatic rings. The minimum atomic E-state index is -1.02. The van der Waals surface area contributed by atoms with Crippen LogP contribution in [0.25, 0.3) is 0 Å². The summed E-state index contributed by atoms with van der Waals surface area (Å²) in [6.07, 6.45) is 14.0. The number of nitrogens with zero attached hydrogens (tertiary/aromatic N) is 1. The molecule has 4 heteroatoms. The summed E-state index contributed by atoms with van der Waals surface area (Å²) in [5, 5.41) is 8.73. The number of hydrogen-bond acceptors (Lipinski definition) is 2. The van der Waals surface area contributed by atoms with E-state index in [9.17, 15) is 9.59 Å². The van der Waals surface area contributed by atoms with Gasteiger partial charge >= 0.3 is 5.97 Å². The van der Waals surface area contributed by atoms with E-state index in [2.05, 4.69) is 5.92 Å². The number of carbonyl (C=O) groups is 2. The van der Waals surface area contributed by atoms with Crippen molar-refractivity contribution in [3.63, 3.8) is 0 Å². The average Bonchev–Trinajstić information content (AvgIpc) is 2.39. The monoisotopic (exact) mass is 265 g/mol. The van der Waals surface area contributed by atoms with E-state index in [1.165, 1.54) is 37.0 Å². The molecule has 4 nitrogen and oxygen atoms in total. The molecule has 1 saturated carbocycles. The van der Waals surface area contributed by atoms with Gasteiger partial charge in [0.15, 0.2) is 0 Å². The molecule has 19 heavy (non-hydrogen) atoms. The molecule has 0 aliphatic heterocycles. The Morgan fingerprint density at radius 2 is 1.95 bits per heavy atom.